The molecule has 0 spiro atoms. The lowest BCUT2D eigenvalue weighted by molar-refractivity contribution is 0.415. The van der Waals surface area contributed by atoms with Gasteiger partial charge >= 0.3 is 0 Å². The number of aromatic nitrogens is 1. The van der Waals surface area contributed by atoms with Crippen molar-refractivity contribution < 1.29 is 9.13 Å². The number of methoxy groups -OCH3 is 1. The number of thiazole rings is 1. The fourth-order valence-corrected chi connectivity index (χ4v) is 3.22. The fraction of sp³-hybridized carbons (Fsp3) is 0.158. The van der Waals surface area contributed by atoms with Crippen molar-refractivity contribution in [2.45, 2.75) is 6.92 Å². The average molecular weight is 355 g/mol. The molecule has 0 aliphatic rings. The molecule has 0 bridgehead atoms. The van der Waals surface area contributed by atoms with E-state index in [4.69, 9.17) is 4.74 Å². The molecule has 3 aromatic rings. The van der Waals surface area contributed by atoms with Crippen molar-refractivity contribution in [3.05, 3.63) is 70.1 Å². The van der Waals surface area contributed by atoms with Crippen LogP contribution in [0.15, 0.2) is 64.0 Å². The van der Waals surface area contributed by atoms with Gasteiger partial charge in [-0.05, 0) is 48.9 Å². The van der Waals surface area contributed by atoms with Crippen LogP contribution >= 0.6 is 11.3 Å². The Bertz CT molecular complexity index is 942. The Balaban J connectivity index is 2.04. The first kappa shape index (κ1) is 17.1. The van der Waals surface area contributed by atoms with E-state index in [1.165, 1.54) is 17.4 Å². The Labute approximate surface area is 149 Å². The highest BCUT2D eigenvalue weighted by Gasteiger charge is 2.11. The Hall–Kier alpha value is -2.73. The van der Waals surface area contributed by atoms with Crippen molar-refractivity contribution in [1.82, 2.24) is 4.68 Å². The van der Waals surface area contributed by atoms with Crippen molar-refractivity contribution in [1.29, 1.82) is 0 Å². The number of rotatable bonds is 5. The second-order valence-electron chi connectivity index (χ2n) is 5.19. The van der Waals surface area contributed by atoms with Gasteiger partial charge in [0.2, 0.25) is 4.80 Å². The maximum Gasteiger partial charge on any atom is 0.206 e. The molecule has 0 saturated heterocycles. The number of hydrogen-bond donors (Lipinski definition) is 0. The van der Waals surface area contributed by atoms with E-state index in [0.29, 0.717) is 17.8 Å². The summed E-state index contributed by atoms with van der Waals surface area (Å²) in [5.74, 6) is 0.505. The molecular weight excluding hydrogens is 337 g/mol. The van der Waals surface area contributed by atoms with Gasteiger partial charge in [0, 0.05) is 17.5 Å². The maximum absolute atomic E-state index is 14.2. The highest BCUT2D eigenvalue weighted by molar-refractivity contribution is 7.07. The summed E-state index contributed by atoms with van der Waals surface area (Å²) >= 11 is 1.44. The van der Waals surface area contributed by atoms with E-state index in [1.807, 2.05) is 42.6 Å². The predicted molar refractivity (Wildman–Crippen MR) is 99.8 cm³/mol. The van der Waals surface area contributed by atoms with E-state index in [2.05, 4.69) is 10.1 Å². The zero-order chi connectivity index (χ0) is 17.6. The summed E-state index contributed by atoms with van der Waals surface area (Å²) in [4.78, 5) is 5.17. The first-order valence-electron chi connectivity index (χ1n) is 7.87. The molecule has 0 saturated carbocycles. The van der Waals surface area contributed by atoms with Crippen LogP contribution in [0.1, 0.15) is 12.5 Å². The molecule has 4 nitrogen and oxygen atoms in total. The number of ether oxygens (including phenoxy) is 1. The molecule has 1 aromatic heterocycles. The van der Waals surface area contributed by atoms with Crippen LogP contribution in [0, 0.1) is 5.82 Å². The first-order chi connectivity index (χ1) is 12.2. The first-order valence-corrected chi connectivity index (χ1v) is 8.75. The molecule has 25 heavy (non-hydrogen) atoms. The van der Waals surface area contributed by atoms with Crippen LogP contribution < -0.4 is 9.54 Å². The molecule has 6 heteroatoms. The molecule has 0 unspecified atom stereocenters. The Morgan fingerprint density at radius 2 is 1.92 bits per heavy atom. The van der Waals surface area contributed by atoms with Crippen molar-refractivity contribution in [3.8, 4) is 17.0 Å². The van der Waals surface area contributed by atoms with E-state index < -0.39 is 0 Å². The Kier molecular flexibility index (Phi) is 5.40. The average Bonchev–Trinajstić information content (AvgIpc) is 3.03. The van der Waals surface area contributed by atoms with Crippen LogP contribution in [0.4, 0.5) is 4.39 Å². The zero-order valence-electron chi connectivity index (χ0n) is 14.0. The molecule has 128 valence electrons. The van der Waals surface area contributed by atoms with Crippen LogP contribution in [-0.2, 0) is 0 Å². The largest absolute Gasteiger partial charge is 0.497 e. The highest BCUT2D eigenvalue weighted by atomic mass is 32.1. The van der Waals surface area contributed by atoms with Crippen LogP contribution in [0.3, 0.4) is 0 Å². The second kappa shape index (κ2) is 7.90. The van der Waals surface area contributed by atoms with Gasteiger partial charge in [-0.3, -0.25) is 4.99 Å². The number of hydrogen-bond acceptors (Lipinski definition) is 4. The Morgan fingerprint density at radius 3 is 2.60 bits per heavy atom. The molecule has 0 atom stereocenters. The lowest BCUT2D eigenvalue weighted by Crippen LogP contribution is -2.12. The molecule has 0 fully saturated rings. The summed E-state index contributed by atoms with van der Waals surface area (Å²) in [6.45, 7) is 2.59. The Morgan fingerprint density at radius 1 is 1.16 bits per heavy atom. The van der Waals surface area contributed by atoms with Crippen molar-refractivity contribution in [2.75, 3.05) is 13.7 Å². The van der Waals surface area contributed by atoms with E-state index in [9.17, 15) is 4.39 Å². The zero-order valence-corrected chi connectivity index (χ0v) is 14.8. The molecule has 0 aliphatic heterocycles. The summed E-state index contributed by atoms with van der Waals surface area (Å²) in [6.07, 6.45) is 1.73. The van der Waals surface area contributed by atoms with Crippen LogP contribution in [0.25, 0.3) is 11.3 Å². The molecule has 1 heterocycles. The van der Waals surface area contributed by atoms with E-state index in [1.54, 1.807) is 30.1 Å². The fourth-order valence-electron chi connectivity index (χ4n) is 2.32. The standard InChI is InChI=1S/C19H18FN3OS/c1-3-21-19-23(22-12-14-8-10-15(24-2)11-9-14)18(13-25-19)16-6-4-5-7-17(16)20/h4-13H,3H2,1-2H3/b21-19?,22-12-. The molecular formula is C19H18FN3OS. The second-order valence-corrected chi connectivity index (χ2v) is 6.02. The van der Waals surface area contributed by atoms with Crippen molar-refractivity contribution >= 4 is 17.6 Å². The summed E-state index contributed by atoms with van der Waals surface area (Å²) in [7, 11) is 1.63. The van der Waals surface area contributed by atoms with Gasteiger partial charge in [-0.2, -0.15) is 5.10 Å². The third-order valence-corrected chi connectivity index (χ3v) is 4.42. The number of halogens is 1. The van der Waals surface area contributed by atoms with E-state index in [-0.39, 0.29) is 5.82 Å². The minimum atomic E-state index is -0.281. The van der Waals surface area contributed by atoms with Crippen molar-refractivity contribution in [3.63, 3.8) is 0 Å². The van der Waals surface area contributed by atoms with Gasteiger partial charge in [-0.1, -0.05) is 12.1 Å². The molecule has 0 radical (unpaired) electrons. The quantitative estimate of drug-likeness (QED) is 0.633. The lowest BCUT2D eigenvalue weighted by atomic mass is 10.1. The van der Waals surface area contributed by atoms with E-state index >= 15 is 0 Å². The minimum Gasteiger partial charge on any atom is -0.497 e. The molecule has 0 N–H and O–H groups in total. The third-order valence-electron chi connectivity index (χ3n) is 3.57. The van der Waals surface area contributed by atoms with Gasteiger partial charge in [0.25, 0.3) is 0 Å². The topological polar surface area (TPSA) is 38.9 Å². The third kappa shape index (κ3) is 3.85. The smallest absolute Gasteiger partial charge is 0.206 e. The van der Waals surface area contributed by atoms with Gasteiger partial charge in [0.15, 0.2) is 0 Å². The lowest BCUT2D eigenvalue weighted by Gasteiger charge is -2.05. The van der Waals surface area contributed by atoms with E-state index in [0.717, 1.165) is 16.1 Å². The molecule has 2 aromatic carbocycles. The highest BCUT2D eigenvalue weighted by Crippen LogP contribution is 2.23. The predicted octanol–water partition coefficient (Wildman–Crippen LogP) is 4.17. The van der Waals surface area contributed by atoms with Gasteiger partial charge in [-0.25, -0.2) is 9.07 Å². The SMILES string of the molecule is CCN=c1scc(-c2ccccc2F)n1/N=C\c1ccc(OC)cc1. The van der Waals surface area contributed by atoms with Gasteiger partial charge < -0.3 is 4.74 Å². The molecule has 0 amide bonds. The maximum atomic E-state index is 14.2. The summed E-state index contributed by atoms with van der Waals surface area (Å²) in [5.41, 5.74) is 2.10. The normalized spacial score (nSPS) is 12.0. The molecule has 0 aliphatic carbocycles. The van der Waals surface area contributed by atoms with Crippen LogP contribution in [0.5, 0.6) is 5.75 Å². The monoisotopic (exact) mass is 355 g/mol. The van der Waals surface area contributed by atoms with Crippen LogP contribution in [-0.4, -0.2) is 24.5 Å². The van der Waals surface area contributed by atoms with Gasteiger partial charge in [0.05, 0.1) is 19.0 Å². The summed E-state index contributed by atoms with van der Waals surface area (Å²) in [5, 5.41) is 6.40. The summed E-state index contributed by atoms with van der Waals surface area (Å²) in [6, 6.07) is 14.2. The number of benzene rings is 2. The van der Waals surface area contributed by atoms with Crippen molar-refractivity contribution in [2.24, 2.45) is 10.1 Å². The van der Waals surface area contributed by atoms with Crippen LogP contribution in [0.2, 0.25) is 0 Å². The van der Waals surface area contributed by atoms with Gasteiger partial charge in [-0.15, -0.1) is 11.3 Å². The minimum absolute atomic E-state index is 0.281. The number of nitrogens with zero attached hydrogens (tertiary/aromatic N) is 3. The molecule has 3 rings (SSSR count). The van der Waals surface area contributed by atoms with Gasteiger partial charge in [0.1, 0.15) is 11.6 Å². The summed E-state index contributed by atoms with van der Waals surface area (Å²) < 4.78 is 21.0.